The van der Waals surface area contributed by atoms with Gasteiger partial charge in [-0.2, -0.15) is 5.26 Å². The number of carbonyl (C=O) groups excluding carboxylic acids is 1. The second kappa shape index (κ2) is 11.0. The number of nitrogens with zero attached hydrogens (tertiary/aromatic N) is 2. The molecule has 3 aromatic rings. The summed E-state index contributed by atoms with van der Waals surface area (Å²) in [4.78, 5) is 18.2. The van der Waals surface area contributed by atoms with E-state index < -0.39 is 0 Å². The van der Waals surface area contributed by atoms with Gasteiger partial charge in [0.05, 0.1) is 17.9 Å². The standard InChI is InChI=1S/C27H29N3O2S2/c1-4-32-27(31)24-17(2)18(3)34-26(24)29-15-22(14-28)25-30-23(16-33-25)21-12-10-20(11-13-21)19-8-6-5-7-9-19/h10-13,15-16,19,29H,4-9H2,1-3H3. The van der Waals surface area contributed by atoms with Gasteiger partial charge in [-0.05, 0) is 50.7 Å². The van der Waals surface area contributed by atoms with Crippen LogP contribution in [0, 0.1) is 25.2 Å². The molecule has 4 rings (SSSR count). The molecule has 34 heavy (non-hydrogen) atoms. The van der Waals surface area contributed by atoms with Crippen molar-refractivity contribution >= 4 is 39.2 Å². The molecule has 2 aromatic heterocycles. The van der Waals surface area contributed by atoms with Gasteiger partial charge in [0.2, 0.25) is 0 Å². The normalized spacial score (nSPS) is 14.6. The summed E-state index contributed by atoms with van der Waals surface area (Å²) >= 11 is 2.92. The number of hydrogen-bond acceptors (Lipinski definition) is 7. The summed E-state index contributed by atoms with van der Waals surface area (Å²) in [5.74, 6) is 0.323. The van der Waals surface area contributed by atoms with Crippen LogP contribution in [0.25, 0.3) is 16.8 Å². The molecule has 0 amide bonds. The zero-order chi connectivity index (χ0) is 24.1. The second-order valence-corrected chi connectivity index (χ2v) is 10.6. The van der Waals surface area contributed by atoms with Crippen LogP contribution in [0.2, 0.25) is 0 Å². The van der Waals surface area contributed by atoms with E-state index in [1.807, 2.05) is 19.2 Å². The molecule has 0 radical (unpaired) electrons. The third-order valence-corrected chi connectivity index (χ3v) is 8.36. The summed E-state index contributed by atoms with van der Waals surface area (Å²) < 4.78 is 5.21. The molecular formula is C27H29N3O2S2. The molecule has 0 atom stereocenters. The van der Waals surface area contributed by atoms with E-state index in [4.69, 9.17) is 9.72 Å². The molecule has 0 unspecified atom stereocenters. The van der Waals surface area contributed by atoms with Gasteiger partial charge < -0.3 is 10.1 Å². The summed E-state index contributed by atoms with van der Waals surface area (Å²) in [6.07, 6.45) is 8.20. The molecule has 5 nitrogen and oxygen atoms in total. The van der Waals surface area contributed by atoms with Crippen LogP contribution in [0.5, 0.6) is 0 Å². The first-order chi connectivity index (χ1) is 16.5. The number of ether oxygens (including phenoxy) is 1. The monoisotopic (exact) mass is 491 g/mol. The molecule has 1 saturated carbocycles. The first-order valence-corrected chi connectivity index (χ1v) is 13.4. The minimum absolute atomic E-state index is 0.315. The number of rotatable bonds is 7. The molecule has 176 valence electrons. The first-order valence-electron chi connectivity index (χ1n) is 11.7. The van der Waals surface area contributed by atoms with Crippen molar-refractivity contribution in [1.82, 2.24) is 4.98 Å². The van der Waals surface area contributed by atoms with Crippen LogP contribution in [0.1, 0.15) is 76.3 Å². The number of thiazole rings is 1. The van der Waals surface area contributed by atoms with Gasteiger partial charge in [0.15, 0.2) is 0 Å². The number of nitrogens with one attached hydrogen (secondary N) is 1. The van der Waals surface area contributed by atoms with Crippen LogP contribution in [0.4, 0.5) is 5.00 Å². The Morgan fingerprint density at radius 3 is 2.65 bits per heavy atom. The van der Waals surface area contributed by atoms with Crippen LogP contribution < -0.4 is 5.32 Å². The van der Waals surface area contributed by atoms with Gasteiger partial charge in [0.1, 0.15) is 21.7 Å². The van der Waals surface area contributed by atoms with Crippen molar-refractivity contribution in [1.29, 1.82) is 5.26 Å². The highest BCUT2D eigenvalue weighted by atomic mass is 32.1. The quantitative estimate of drug-likeness (QED) is 0.271. The topological polar surface area (TPSA) is 75.0 Å². The number of hydrogen-bond donors (Lipinski definition) is 1. The number of allylic oxidation sites excluding steroid dienone is 1. The predicted octanol–water partition coefficient (Wildman–Crippen LogP) is 7.69. The van der Waals surface area contributed by atoms with Gasteiger partial charge in [-0.15, -0.1) is 22.7 Å². The summed E-state index contributed by atoms with van der Waals surface area (Å²) in [7, 11) is 0. The minimum atomic E-state index is -0.355. The number of aromatic nitrogens is 1. The highest BCUT2D eigenvalue weighted by molar-refractivity contribution is 7.16. The van der Waals surface area contributed by atoms with Crippen LogP contribution >= 0.6 is 22.7 Å². The molecule has 2 heterocycles. The summed E-state index contributed by atoms with van der Waals surface area (Å²) in [6.45, 7) is 5.98. The average Bonchev–Trinajstić information content (AvgIpc) is 3.45. The van der Waals surface area contributed by atoms with Gasteiger partial charge >= 0.3 is 5.97 Å². The van der Waals surface area contributed by atoms with Crippen molar-refractivity contribution in [3.63, 3.8) is 0 Å². The largest absolute Gasteiger partial charge is 0.462 e. The minimum Gasteiger partial charge on any atom is -0.462 e. The van der Waals surface area contributed by atoms with Crippen molar-refractivity contribution in [3.8, 4) is 17.3 Å². The first kappa shape index (κ1) is 24.2. The van der Waals surface area contributed by atoms with E-state index in [1.54, 1.807) is 13.1 Å². The fourth-order valence-corrected chi connectivity index (χ4v) is 6.16. The summed E-state index contributed by atoms with van der Waals surface area (Å²) in [5.41, 5.74) is 5.18. The Morgan fingerprint density at radius 1 is 1.24 bits per heavy atom. The molecule has 1 fully saturated rings. The van der Waals surface area contributed by atoms with Crippen molar-refractivity contribution in [3.05, 3.63) is 62.4 Å². The molecule has 0 spiro atoms. The van der Waals surface area contributed by atoms with E-state index in [0.29, 0.717) is 33.7 Å². The molecule has 7 heteroatoms. The van der Waals surface area contributed by atoms with E-state index in [2.05, 4.69) is 35.7 Å². The SMILES string of the molecule is CCOC(=O)c1c(NC=C(C#N)c2nc(-c3ccc(C4CCCCC4)cc3)cs2)sc(C)c1C. The maximum Gasteiger partial charge on any atom is 0.341 e. The molecule has 1 aliphatic rings. The maximum atomic E-state index is 12.4. The number of thiophene rings is 1. The fourth-order valence-electron chi connectivity index (χ4n) is 4.35. The summed E-state index contributed by atoms with van der Waals surface area (Å²) in [5, 5.41) is 16.2. The molecule has 1 N–H and O–H groups in total. The number of nitriles is 1. The lowest BCUT2D eigenvalue weighted by molar-refractivity contribution is 0.0527. The van der Waals surface area contributed by atoms with E-state index >= 15 is 0 Å². The zero-order valence-corrected chi connectivity index (χ0v) is 21.4. The Morgan fingerprint density at radius 2 is 1.97 bits per heavy atom. The third-order valence-electron chi connectivity index (χ3n) is 6.35. The molecular weight excluding hydrogens is 462 g/mol. The number of aryl methyl sites for hydroxylation is 1. The Bertz CT molecular complexity index is 1230. The van der Waals surface area contributed by atoms with Crippen molar-refractivity contribution in [2.45, 2.75) is 58.8 Å². The summed E-state index contributed by atoms with van der Waals surface area (Å²) in [6, 6.07) is 11.0. The lowest BCUT2D eigenvalue weighted by Crippen LogP contribution is -2.07. The fraction of sp³-hybridized carbons (Fsp3) is 0.370. The van der Waals surface area contributed by atoms with Gasteiger partial charge in [-0.3, -0.25) is 0 Å². The maximum absolute atomic E-state index is 12.4. The molecule has 0 saturated heterocycles. The average molecular weight is 492 g/mol. The van der Waals surface area contributed by atoms with E-state index in [9.17, 15) is 10.1 Å². The smallest absolute Gasteiger partial charge is 0.341 e. The van der Waals surface area contributed by atoms with Crippen LogP contribution in [-0.4, -0.2) is 17.6 Å². The number of benzene rings is 1. The highest BCUT2D eigenvalue weighted by Crippen LogP contribution is 2.35. The third kappa shape index (κ3) is 5.24. The second-order valence-electron chi connectivity index (χ2n) is 8.52. The van der Waals surface area contributed by atoms with Crippen molar-refractivity contribution in [2.24, 2.45) is 0 Å². The van der Waals surface area contributed by atoms with Crippen molar-refractivity contribution < 1.29 is 9.53 Å². The number of esters is 1. The Balaban J connectivity index is 1.52. The van der Waals surface area contributed by atoms with E-state index in [0.717, 1.165) is 21.7 Å². The van der Waals surface area contributed by atoms with E-state index in [1.165, 1.54) is 60.3 Å². The Labute approximate surface area is 209 Å². The Kier molecular flexibility index (Phi) is 7.81. The number of anilines is 1. The lowest BCUT2D eigenvalue weighted by atomic mass is 9.84. The zero-order valence-electron chi connectivity index (χ0n) is 19.8. The van der Waals surface area contributed by atoms with Gasteiger partial charge in [-0.25, -0.2) is 9.78 Å². The van der Waals surface area contributed by atoms with E-state index in [-0.39, 0.29) is 5.97 Å². The lowest BCUT2D eigenvalue weighted by Gasteiger charge is -2.22. The molecule has 1 aliphatic carbocycles. The van der Waals surface area contributed by atoms with Crippen LogP contribution in [0.3, 0.4) is 0 Å². The van der Waals surface area contributed by atoms with Gasteiger partial charge in [0.25, 0.3) is 0 Å². The predicted molar refractivity (Wildman–Crippen MR) is 140 cm³/mol. The van der Waals surface area contributed by atoms with Gasteiger partial charge in [-0.1, -0.05) is 43.5 Å². The molecule has 0 aliphatic heterocycles. The Hall–Kier alpha value is -2.95. The van der Waals surface area contributed by atoms with Gasteiger partial charge in [0, 0.05) is 22.0 Å². The molecule has 0 bridgehead atoms. The number of carbonyl (C=O) groups is 1. The van der Waals surface area contributed by atoms with Crippen molar-refractivity contribution in [2.75, 3.05) is 11.9 Å². The molecule has 1 aromatic carbocycles. The van der Waals surface area contributed by atoms with Crippen LogP contribution in [0.15, 0.2) is 35.8 Å². The highest BCUT2D eigenvalue weighted by Gasteiger charge is 2.21. The van der Waals surface area contributed by atoms with Crippen LogP contribution in [-0.2, 0) is 4.74 Å².